The van der Waals surface area contributed by atoms with Crippen molar-refractivity contribution in [2.45, 2.75) is 6.92 Å². The maximum atomic E-state index is 12.9. The van der Waals surface area contributed by atoms with Crippen LogP contribution in [0.5, 0.6) is 17.2 Å². The largest absolute Gasteiger partial charge is 0.493 e. The van der Waals surface area contributed by atoms with Gasteiger partial charge < -0.3 is 19.0 Å². The Morgan fingerprint density at radius 2 is 1.48 bits per heavy atom. The Kier molecular flexibility index (Phi) is 5.94. The number of hydrogen-bond donors (Lipinski definition) is 0. The van der Waals surface area contributed by atoms with Crippen LogP contribution in [0.25, 0.3) is 0 Å². The van der Waals surface area contributed by atoms with E-state index in [4.69, 9.17) is 19.0 Å². The molecular weight excluding hydrogens is 329 g/mol. The molecule has 6 nitrogen and oxygen atoms in total. The monoisotopic (exact) mass is 347 g/mol. The van der Waals surface area contributed by atoms with Gasteiger partial charge in [-0.25, -0.2) is 9.18 Å². The second kappa shape index (κ2) is 8.14. The number of carbonyl (C=O) groups excluding carboxylic acids is 1. The fourth-order valence-electron chi connectivity index (χ4n) is 2.11. The summed E-state index contributed by atoms with van der Waals surface area (Å²) >= 11 is 0. The molecule has 0 spiro atoms. The van der Waals surface area contributed by atoms with Crippen LogP contribution in [0, 0.1) is 5.82 Å². The van der Waals surface area contributed by atoms with Crippen molar-refractivity contribution in [1.82, 2.24) is 0 Å². The zero-order chi connectivity index (χ0) is 18.4. The van der Waals surface area contributed by atoms with E-state index >= 15 is 0 Å². The van der Waals surface area contributed by atoms with Gasteiger partial charge in [0.15, 0.2) is 11.5 Å². The molecule has 25 heavy (non-hydrogen) atoms. The van der Waals surface area contributed by atoms with E-state index in [2.05, 4.69) is 5.16 Å². The highest BCUT2D eigenvalue weighted by atomic mass is 19.1. The molecule has 2 aromatic carbocycles. The van der Waals surface area contributed by atoms with E-state index in [1.165, 1.54) is 45.6 Å². The van der Waals surface area contributed by atoms with Crippen LogP contribution in [-0.2, 0) is 4.84 Å². The van der Waals surface area contributed by atoms with Crippen LogP contribution < -0.4 is 14.2 Å². The molecule has 0 saturated carbocycles. The molecule has 0 unspecified atom stereocenters. The standard InChI is InChI=1S/C18H18FNO5/c1-11(12-5-7-14(19)8-6-12)20-25-18(21)13-9-15(22-2)17(24-4)16(10-13)23-3/h5-10H,1-4H3/b20-11+. The summed E-state index contributed by atoms with van der Waals surface area (Å²) in [4.78, 5) is 17.2. The van der Waals surface area contributed by atoms with E-state index in [1.54, 1.807) is 19.1 Å². The maximum absolute atomic E-state index is 12.9. The van der Waals surface area contributed by atoms with Crippen molar-refractivity contribution in [3.8, 4) is 17.2 Å². The van der Waals surface area contributed by atoms with Crippen molar-refractivity contribution in [1.29, 1.82) is 0 Å². The molecule has 0 bridgehead atoms. The number of nitrogens with zero attached hydrogens (tertiary/aromatic N) is 1. The molecule has 0 N–H and O–H groups in total. The Hall–Kier alpha value is -3.09. The number of benzene rings is 2. The summed E-state index contributed by atoms with van der Waals surface area (Å²) in [5, 5.41) is 3.79. The number of halogens is 1. The molecule has 0 aromatic heterocycles. The molecular formula is C18H18FNO5. The number of methoxy groups -OCH3 is 3. The Morgan fingerprint density at radius 3 is 1.96 bits per heavy atom. The third-order valence-electron chi connectivity index (χ3n) is 3.43. The molecule has 0 aliphatic rings. The summed E-state index contributed by atoms with van der Waals surface area (Å²) in [6.45, 7) is 1.65. The highest BCUT2D eigenvalue weighted by Crippen LogP contribution is 2.38. The minimum Gasteiger partial charge on any atom is -0.493 e. The van der Waals surface area contributed by atoms with Crippen LogP contribution in [0.3, 0.4) is 0 Å². The Bertz CT molecular complexity index is 762. The second-order valence-corrected chi connectivity index (χ2v) is 4.98. The molecule has 2 rings (SSSR count). The lowest BCUT2D eigenvalue weighted by Crippen LogP contribution is -2.06. The molecule has 0 radical (unpaired) electrons. The van der Waals surface area contributed by atoms with Gasteiger partial charge in [-0.15, -0.1) is 0 Å². The molecule has 7 heteroatoms. The van der Waals surface area contributed by atoms with Crippen LogP contribution in [-0.4, -0.2) is 33.0 Å². The molecule has 132 valence electrons. The summed E-state index contributed by atoms with van der Waals surface area (Å²) < 4.78 is 28.5. The first-order chi connectivity index (χ1) is 12.0. The minimum atomic E-state index is -0.694. The lowest BCUT2D eigenvalue weighted by Gasteiger charge is -2.13. The van der Waals surface area contributed by atoms with Crippen molar-refractivity contribution in [2.24, 2.45) is 5.16 Å². The van der Waals surface area contributed by atoms with E-state index in [9.17, 15) is 9.18 Å². The van der Waals surface area contributed by atoms with E-state index in [-0.39, 0.29) is 11.4 Å². The molecule has 0 saturated heterocycles. The van der Waals surface area contributed by atoms with Gasteiger partial charge in [-0.3, -0.25) is 0 Å². The van der Waals surface area contributed by atoms with Crippen LogP contribution in [0.1, 0.15) is 22.8 Å². The lowest BCUT2D eigenvalue weighted by molar-refractivity contribution is 0.0515. The highest BCUT2D eigenvalue weighted by Gasteiger charge is 2.18. The van der Waals surface area contributed by atoms with Crippen molar-refractivity contribution in [2.75, 3.05) is 21.3 Å². The van der Waals surface area contributed by atoms with Crippen molar-refractivity contribution < 1.29 is 28.2 Å². The van der Waals surface area contributed by atoms with E-state index in [0.29, 0.717) is 28.5 Å². The topological polar surface area (TPSA) is 66.4 Å². The number of hydrogen-bond acceptors (Lipinski definition) is 6. The van der Waals surface area contributed by atoms with Crippen molar-refractivity contribution >= 4 is 11.7 Å². The molecule has 0 heterocycles. The van der Waals surface area contributed by atoms with E-state index in [1.807, 2.05) is 0 Å². The molecule has 0 aliphatic heterocycles. The summed E-state index contributed by atoms with van der Waals surface area (Å²) in [7, 11) is 4.36. The summed E-state index contributed by atoms with van der Waals surface area (Å²) in [5.74, 6) is -0.0275. The van der Waals surface area contributed by atoms with E-state index < -0.39 is 5.97 Å². The second-order valence-electron chi connectivity index (χ2n) is 4.98. The van der Waals surface area contributed by atoms with Crippen LogP contribution in [0.4, 0.5) is 4.39 Å². The van der Waals surface area contributed by atoms with Crippen LogP contribution in [0.15, 0.2) is 41.6 Å². The lowest BCUT2D eigenvalue weighted by atomic mass is 10.1. The predicted octanol–water partition coefficient (Wildman–Crippen LogP) is 3.43. The van der Waals surface area contributed by atoms with Gasteiger partial charge in [0.25, 0.3) is 0 Å². The normalized spacial score (nSPS) is 11.0. The maximum Gasteiger partial charge on any atom is 0.366 e. The Morgan fingerprint density at radius 1 is 0.920 bits per heavy atom. The molecule has 0 fully saturated rings. The van der Waals surface area contributed by atoms with E-state index in [0.717, 1.165) is 0 Å². The summed E-state index contributed by atoms with van der Waals surface area (Å²) in [6, 6.07) is 8.62. The van der Waals surface area contributed by atoms with Gasteiger partial charge in [0.1, 0.15) is 5.82 Å². The summed E-state index contributed by atoms with van der Waals surface area (Å²) in [5.41, 5.74) is 1.25. The number of rotatable bonds is 6. The fourth-order valence-corrected chi connectivity index (χ4v) is 2.11. The van der Waals surface area contributed by atoms with Crippen LogP contribution in [0.2, 0.25) is 0 Å². The number of oxime groups is 1. The Balaban J connectivity index is 2.23. The van der Waals surface area contributed by atoms with Gasteiger partial charge in [-0.05, 0) is 36.8 Å². The number of carbonyl (C=O) groups is 1. The SMILES string of the molecule is COc1cc(C(=O)O/N=C(\C)c2ccc(F)cc2)cc(OC)c1OC. The van der Waals surface area contributed by atoms with Crippen LogP contribution >= 0.6 is 0 Å². The fraction of sp³-hybridized carbons (Fsp3) is 0.222. The molecule has 0 atom stereocenters. The summed E-state index contributed by atoms with van der Waals surface area (Å²) in [6.07, 6.45) is 0. The van der Waals surface area contributed by atoms with Crippen molar-refractivity contribution in [3.05, 3.63) is 53.3 Å². The predicted molar refractivity (Wildman–Crippen MR) is 90.1 cm³/mol. The smallest absolute Gasteiger partial charge is 0.366 e. The zero-order valence-corrected chi connectivity index (χ0v) is 14.3. The average Bonchev–Trinajstić information content (AvgIpc) is 2.64. The first-order valence-electron chi connectivity index (χ1n) is 7.32. The molecule has 0 amide bonds. The first kappa shape index (κ1) is 18.3. The van der Waals surface area contributed by atoms with Gasteiger partial charge in [-0.1, -0.05) is 17.3 Å². The Labute approximate surface area is 144 Å². The number of ether oxygens (including phenoxy) is 3. The van der Waals surface area contributed by atoms with Gasteiger partial charge in [-0.2, -0.15) is 0 Å². The average molecular weight is 347 g/mol. The third kappa shape index (κ3) is 4.26. The van der Waals surface area contributed by atoms with Gasteiger partial charge >= 0.3 is 5.97 Å². The van der Waals surface area contributed by atoms with Gasteiger partial charge in [0.05, 0.1) is 32.6 Å². The minimum absolute atomic E-state index is 0.185. The van der Waals surface area contributed by atoms with Crippen molar-refractivity contribution in [3.63, 3.8) is 0 Å². The zero-order valence-electron chi connectivity index (χ0n) is 14.3. The molecule has 2 aromatic rings. The quantitative estimate of drug-likeness (QED) is 0.455. The van der Waals surface area contributed by atoms with Gasteiger partial charge in [0, 0.05) is 0 Å². The third-order valence-corrected chi connectivity index (χ3v) is 3.43. The first-order valence-corrected chi connectivity index (χ1v) is 7.32. The highest BCUT2D eigenvalue weighted by molar-refractivity contribution is 5.99. The van der Waals surface area contributed by atoms with Gasteiger partial charge in [0.2, 0.25) is 5.75 Å². The molecule has 0 aliphatic carbocycles.